The summed E-state index contributed by atoms with van der Waals surface area (Å²) in [4.78, 5) is 25.2. The standard InChI is InChI=1S/C15H19ClN2O2/c1-10-5-6-12(13(16)8-10)9-17-15(20)14-4-3-7-18(14)11(2)19/h5-6,8,14H,3-4,7,9H2,1-2H3,(H,17,20). The summed E-state index contributed by atoms with van der Waals surface area (Å²) in [5.41, 5.74) is 1.97. The highest BCUT2D eigenvalue weighted by atomic mass is 35.5. The second kappa shape index (κ2) is 6.27. The summed E-state index contributed by atoms with van der Waals surface area (Å²) in [6, 6.07) is 5.41. The van der Waals surface area contributed by atoms with Crippen molar-refractivity contribution in [1.82, 2.24) is 10.2 Å². The van der Waals surface area contributed by atoms with Crippen LogP contribution < -0.4 is 5.32 Å². The molecule has 4 nitrogen and oxygen atoms in total. The molecule has 1 aliphatic heterocycles. The van der Waals surface area contributed by atoms with Crippen molar-refractivity contribution < 1.29 is 9.59 Å². The van der Waals surface area contributed by atoms with Gasteiger partial charge in [0.25, 0.3) is 0 Å². The molecular formula is C15H19ClN2O2. The van der Waals surface area contributed by atoms with Crippen molar-refractivity contribution >= 4 is 23.4 Å². The van der Waals surface area contributed by atoms with Gasteiger partial charge in [0.1, 0.15) is 6.04 Å². The number of nitrogens with zero attached hydrogens (tertiary/aromatic N) is 1. The zero-order chi connectivity index (χ0) is 14.7. The smallest absolute Gasteiger partial charge is 0.243 e. The Hall–Kier alpha value is -1.55. The molecule has 0 bridgehead atoms. The van der Waals surface area contributed by atoms with Crippen molar-refractivity contribution in [3.05, 3.63) is 34.3 Å². The summed E-state index contributed by atoms with van der Waals surface area (Å²) in [7, 11) is 0. The van der Waals surface area contributed by atoms with E-state index in [1.807, 2.05) is 25.1 Å². The predicted octanol–water partition coefficient (Wildman–Crippen LogP) is 2.28. The third kappa shape index (κ3) is 3.31. The van der Waals surface area contributed by atoms with Crippen molar-refractivity contribution in [1.29, 1.82) is 0 Å². The lowest BCUT2D eigenvalue weighted by Crippen LogP contribution is -2.44. The van der Waals surface area contributed by atoms with E-state index < -0.39 is 0 Å². The van der Waals surface area contributed by atoms with Gasteiger partial charge in [-0.05, 0) is 37.0 Å². The first-order chi connectivity index (χ1) is 9.49. The minimum absolute atomic E-state index is 0.0454. The Labute approximate surface area is 124 Å². The fraction of sp³-hybridized carbons (Fsp3) is 0.467. The molecule has 1 saturated heterocycles. The van der Waals surface area contributed by atoms with Crippen molar-refractivity contribution in [3.8, 4) is 0 Å². The van der Waals surface area contributed by atoms with E-state index >= 15 is 0 Å². The average Bonchev–Trinajstić information content (AvgIpc) is 2.86. The molecule has 1 unspecified atom stereocenters. The van der Waals surface area contributed by atoms with Crippen LogP contribution in [-0.4, -0.2) is 29.3 Å². The number of amides is 2. The Morgan fingerprint density at radius 2 is 2.20 bits per heavy atom. The van der Waals surface area contributed by atoms with Crippen LogP contribution >= 0.6 is 11.6 Å². The summed E-state index contributed by atoms with van der Waals surface area (Å²) in [6.45, 7) is 4.53. The van der Waals surface area contributed by atoms with E-state index in [0.29, 0.717) is 18.1 Å². The molecule has 20 heavy (non-hydrogen) atoms. The molecular weight excluding hydrogens is 276 g/mol. The van der Waals surface area contributed by atoms with Crippen LogP contribution in [0.4, 0.5) is 0 Å². The lowest BCUT2D eigenvalue weighted by atomic mass is 10.1. The van der Waals surface area contributed by atoms with Crippen LogP contribution in [0.25, 0.3) is 0 Å². The van der Waals surface area contributed by atoms with Crippen LogP contribution in [-0.2, 0) is 16.1 Å². The molecule has 1 fully saturated rings. The largest absolute Gasteiger partial charge is 0.350 e. The zero-order valence-corrected chi connectivity index (χ0v) is 12.5. The van der Waals surface area contributed by atoms with E-state index in [0.717, 1.165) is 24.0 Å². The fourth-order valence-electron chi connectivity index (χ4n) is 2.51. The molecule has 1 atom stereocenters. The van der Waals surface area contributed by atoms with Crippen LogP contribution in [0.3, 0.4) is 0 Å². The number of carbonyl (C=O) groups is 2. The maximum atomic E-state index is 12.2. The van der Waals surface area contributed by atoms with Crippen LogP contribution in [0.2, 0.25) is 5.02 Å². The summed E-state index contributed by atoms with van der Waals surface area (Å²) >= 11 is 6.14. The SMILES string of the molecule is CC(=O)N1CCCC1C(=O)NCc1ccc(C)cc1Cl. The number of nitrogens with one attached hydrogen (secondary N) is 1. The number of rotatable bonds is 3. The Balaban J connectivity index is 1.96. The third-order valence-electron chi connectivity index (χ3n) is 3.62. The summed E-state index contributed by atoms with van der Waals surface area (Å²) < 4.78 is 0. The lowest BCUT2D eigenvalue weighted by Gasteiger charge is -2.22. The highest BCUT2D eigenvalue weighted by molar-refractivity contribution is 6.31. The molecule has 1 heterocycles. The fourth-order valence-corrected chi connectivity index (χ4v) is 2.81. The summed E-state index contributed by atoms with van der Waals surface area (Å²) in [6.07, 6.45) is 1.61. The predicted molar refractivity (Wildman–Crippen MR) is 78.4 cm³/mol. The van der Waals surface area contributed by atoms with Gasteiger partial charge in [0, 0.05) is 25.0 Å². The Morgan fingerprint density at radius 1 is 1.45 bits per heavy atom. The summed E-state index contributed by atoms with van der Waals surface area (Å²) in [5, 5.41) is 3.52. The van der Waals surface area contributed by atoms with Gasteiger partial charge in [0.2, 0.25) is 11.8 Å². The number of hydrogen-bond acceptors (Lipinski definition) is 2. The number of likely N-dealkylation sites (tertiary alicyclic amines) is 1. The van der Waals surface area contributed by atoms with E-state index in [9.17, 15) is 9.59 Å². The van der Waals surface area contributed by atoms with E-state index in [-0.39, 0.29) is 17.9 Å². The van der Waals surface area contributed by atoms with Crippen LogP contribution in [0.1, 0.15) is 30.9 Å². The Morgan fingerprint density at radius 3 is 2.85 bits per heavy atom. The van der Waals surface area contributed by atoms with Crippen LogP contribution in [0.15, 0.2) is 18.2 Å². The van der Waals surface area contributed by atoms with E-state index in [2.05, 4.69) is 5.32 Å². The van der Waals surface area contributed by atoms with Gasteiger partial charge in [-0.2, -0.15) is 0 Å². The molecule has 1 N–H and O–H groups in total. The number of halogens is 1. The highest BCUT2D eigenvalue weighted by Gasteiger charge is 2.32. The molecule has 0 spiro atoms. The molecule has 2 rings (SSSR count). The molecule has 1 aromatic carbocycles. The lowest BCUT2D eigenvalue weighted by molar-refractivity contribution is -0.136. The first kappa shape index (κ1) is 14.9. The normalized spacial score (nSPS) is 18.1. The maximum absolute atomic E-state index is 12.2. The minimum Gasteiger partial charge on any atom is -0.350 e. The number of benzene rings is 1. The van der Waals surface area contributed by atoms with Gasteiger partial charge in [-0.3, -0.25) is 9.59 Å². The van der Waals surface area contributed by atoms with Crippen molar-refractivity contribution in [2.45, 2.75) is 39.3 Å². The maximum Gasteiger partial charge on any atom is 0.243 e. The van der Waals surface area contributed by atoms with Gasteiger partial charge in [-0.15, -0.1) is 0 Å². The van der Waals surface area contributed by atoms with E-state index in [1.165, 1.54) is 6.92 Å². The second-order valence-corrected chi connectivity index (χ2v) is 5.59. The van der Waals surface area contributed by atoms with Crippen molar-refractivity contribution in [2.24, 2.45) is 0 Å². The third-order valence-corrected chi connectivity index (χ3v) is 3.97. The Bertz CT molecular complexity index is 531. The van der Waals surface area contributed by atoms with Gasteiger partial charge in [-0.1, -0.05) is 23.7 Å². The monoisotopic (exact) mass is 294 g/mol. The molecule has 108 valence electrons. The minimum atomic E-state index is -0.336. The highest BCUT2D eigenvalue weighted by Crippen LogP contribution is 2.19. The zero-order valence-electron chi connectivity index (χ0n) is 11.8. The van der Waals surface area contributed by atoms with Crippen molar-refractivity contribution in [2.75, 3.05) is 6.54 Å². The number of aryl methyl sites for hydroxylation is 1. The molecule has 5 heteroatoms. The first-order valence-electron chi connectivity index (χ1n) is 6.79. The quantitative estimate of drug-likeness (QED) is 0.930. The number of hydrogen-bond donors (Lipinski definition) is 1. The van der Waals surface area contributed by atoms with Crippen molar-refractivity contribution in [3.63, 3.8) is 0 Å². The molecule has 0 aliphatic carbocycles. The van der Waals surface area contributed by atoms with E-state index in [1.54, 1.807) is 4.90 Å². The molecule has 0 saturated carbocycles. The Kier molecular flexibility index (Phi) is 4.65. The molecule has 0 radical (unpaired) electrons. The molecule has 1 aliphatic rings. The molecule has 0 aromatic heterocycles. The topological polar surface area (TPSA) is 49.4 Å². The second-order valence-electron chi connectivity index (χ2n) is 5.18. The van der Waals surface area contributed by atoms with Gasteiger partial charge >= 0.3 is 0 Å². The molecule has 2 amide bonds. The van der Waals surface area contributed by atoms with E-state index in [4.69, 9.17) is 11.6 Å². The first-order valence-corrected chi connectivity index (χ1v) is 7.17. The van der Waals surface area contributed by atoms with Gasteiger partial charge in [0.15, 0.2) is 0 Å². The van der Waals surface area contributed by atoms with Gasteiger partial charge < -0.3 is 10.2 Å². The number of carbonyl (C=O) groups excluding carboxylic acids is 2. The van der Waals surface area contributed by atoms with Gasteiger partial charge in [0.05, 0.1) is 0 Å². The molecule has 1 aromatic rings. The summed E-state index contributed by atoms with van der Waals surface area (Å²) in [5.74, 6) is -0.148. The van der Waals surface area contributed by atoms with Crippen LogP contribution in [0, 0.1) is 6.92 Å². The van der Waals surface area contributed by atoms with Crippen LogP contribution in [0.5, 0.6) is 0 Å². The van der Waals surface area contributed by atoms with Gasteiger partial charge in [-0.25, -0.2) is 0 Å². The average molecular weight is 295 g/mol.